The number of ether oxygens (including phenoxy) is 1. The molecule has 0 bridgehead atoms. The molecule has 3 aromatic carbocycles. The van der Waals surface area contributed by atoms with E-state index in [4.69, 9.17) is 9.26 Å². The van der Waals surface area contributed by atoms with Crippen LogP contribution in [0.2, 0.25) is 0 Å². The van der Waals surface area contributed by atoms with Crippen molar-refractivity contribution in [2.45, 2.75) is 71.4 Å². The van der Waals surface area contributed by atoms with Crippen LogP contribution >= 0.6 is 7.52 Å². The average Bonchev–Trinajstić information content (AvgIpc) is 3.08. The number of amides is 3. The highest BCUT2D eigenvalue weighted by Crippen LogP contribution is 2.48. The third-order valence-corrected chi connectivity index (χ3v) is 10.2. The van der Waals surface area contributed by atoms with E-state index >= 15 is 0 Å². The van der Waals surface area contributed by atoms with Crippen LogP contribution in [0.5, 0.6) is 0 Å². The zero-order valence-electron chi connectivity index (χ0n) is 28.0. The lowest BCUT2D eigenvalue weighted by atomic mass is 9.97. The highest BCUT2D eigenvalue weighted by atomic mass is 31.2. The summed E-state index contributed by atoms with van der Waals surface area (Å²) < 4.78 is 25.8. The Bertz CT molecular complexity index is 1440. The molecule has 3 amide bonds. The number of hydrogen-bond acceptors (Lipinski definition) is 6. The number of carbonyl (C=O) groups excluding carboxylic acids is 3. The second-order valence-electron chi connectivity index (χ2n) is 12.1. The van der Waals surface area contributed by atoms with Crippen LogP contribution < -0.4 is 21.0 Å². The van der Waals surface area contributed by atoms with Crippen LogP contribution in [0.1, 0.15) is 50.8 Å². The maximum atomic E-state index is 14.7. The summed E-state index contributed by atoms with van der Waals surface area (Å²) in [5.41, 5.74) is 2.40. The van der Waals surface area contributed by atoms with E-state index in [1.165, 1.54) is 7.11 Å². The maximum Gasteiger partial charge on any atom is 0.408 e. The van der Waals surface area contributed by atoms with Crippen LogP contribution in [0.4, 0.5) is 4.79 Å². The summed E-state index contributed by atoms with van der Waals surface area (Å²) in [6.45, 7) is 8.34. The van der Waals surface area contributed by atoms with Crippen molar-refractivity contribution in [2.24, 2.45) is 11.8 Å². The Hall–Kier alpha value is -3.98. The largest absolute Gasteiger partial charge is 0.445 e. The molecule has 3 aromatic rings. The summed E-state index contributed by atoms with van der Waals surface area (Å²) >= 11 is 0. The molecule has 0 saturated heterocycles. The average molecular weight is 665 g/mol. The van der Waals surface area contributed by atoms with E-state index in [2.05, 4.69) is 21.0 Å². The number of carbonyl (C=O) groups is 3. The minimum atomic E-state index is -4.02. The Morgan fingerprint density at radius 1 is 0.745 bits per heavy atom. The molecule has 2 unspecified atom stereocenters. The normalized spacial score (nSPS) is 15.0. The first-order valence-electron chi connectivity index (χ1n) is 16.1. The number of alkyl carbamates (subject to hydrolysis) is 1. The highest BCUT2D eigenvalue weighted by Gasteiger charge is 2.40. The van der Waals surface area contributed by atoms with Crippen molar-refractivity contribution in [3.05, 3.63) is 108 Å². The van der Waals surface area contributed by atoms with Crippen LogP contribution in [0.15, 0.2) is 91.0 Å². The number of nitrogens with one attached hydrogen (secondary N) is 4. The SMILES string of the molecule is CC[C@H](C)[C@H](NC(=O)[C@H](Cc1ccccc1)NP(=O)(OC)C(Cc1ccccc1)NC(=O)OCc1ccccc1)C(=O)NCC(C)C. The third-order valence-electron chi connectivity index (χ3n) is 7.86. The Balaban J connectivity index is 1.91. The van der Waals surface area contributed by atoms with Gasteiger partial charge < -0.3 is 25.2 Å². The first-order chi connectivity index (χ1) is 22.5. The molecule has 11 heteroatoms. The van der Waals surface area contributed by atoms with Crippen LogP contribution in [-0.2, 0) is 42.9 Å². The molecule has 0 heterocycles. The van der Waals surface area contributed by atoms with Crippen molar-refractivity contribution in [3.8, 4) is 0 Å². The van der Waals surface area contributed by atoms with E-state index in [0.717, 1.165) is 16.7 Å². The number of benzene rings is 3. The third kappa shape index (κ3) is 12.3. The predicted molar refractivity (Wildman–Crippen MR) is 185 cm³/mol. The highest BCUT2D eigenvalue weighted by molar-refractivity contribution is 7.57. The fraction of sp³-hybridized carbons (Fsp3) is 0.417. The summed E-state index contributed by atoms with van der Waals surface area (Å²) in [4.78, 5) is 40.3. The fourth-order valence-electron chi connectivity index (χ4n) is 4.90. The monoisotopic (exact) mass is 664 g/mol. The summed E-state index contributed by atoms with van der Waals surface area (Å²) in [7, 11) is -2.74. The molecule has 0 saturated carbocycles. The molecule has 10 nitrogen and oxygen atoms in total. The van der Waals surface area contributed by atoms with Gasteiger partial charge in [0, 0.05) is 20.1 Å². The van der Waals surface area contributed by atoms with Crippen molar-refractivity contribution in [2.75, 3.05) is 13.7 Å². The lowest BCUT2D eigenvalue weighted by molar-refractivity contribution is -0.131. The van der Waals surface area contributed by atoms with Crippen molar-refractivity contribution in [1.29, 1.82) is 0 Å². The van der Waals surface area contributed by atoms with Crippen LogP contribution in [0.25, 0.3) is 0 Å². The molecule has 4 N–H and O–H groups in total. The van der Waals surface area contributed by atoms with Gasteiger partial charge in [-0.2, -0.15) is 0 Å². The van der Waals surface area contributed by atoms with Gasteiger partial charge in [-0.3, -0.25) is 14.2 Å². The Morgan fingerprint density at radius 2 is 1.28 bits per heavy atom. The van der Waals surface area contributed by atoms with Gasteiger partial charge in [-0.05, 0) is 34.9 Å². The van der Waals surface area contributed by atoms with Crippen molar-refractivity contribution >= 4 is 25.4 Å². The Morgan fingerprint density at radius 3 is 1.79 bits per heavy atom. The molecule has 0 spiro atoms. The minimum absolute atomic E-state index is 0.0182. The molecule has 5 atom stereocenters. The molecule has 0 fully saturated rings. The Labute approximate surface area is 278 Å². The molecule has 0 aliphatic carbocycles. The molecular formula is C36H49N4O6P. The van der Waals surface area contributed by atoms with Crippen LogP contribution in [0.3, 0.4) is 0 Å². The number of rotatable bonds is 18. The van der Waals surface area contributed by atoms with Gasteiger partial charge in [-0.15, -0.1) is 0 Å². The molecule has 47 heavy (non-hydrogen) atoms. The van der Waals surface area contributed by atoms with Crippen molar-refractivity contribution in [3.63, 3.8) is 0 Å². The quantitative estimate of drug-likeness (QED) is 0.126. The van der Waals surface area contributed by atoms with Crippen molar-refractivity contribution in [1.82, 2.24) is 21.0 Å². The molecule has 0 aromatic heterocycles. The number of hydrogen-bond donors (Lipinski definition) is 4. The Kier molecular flexibility index (Phi) is 15.1. The van der Waals surface area contributed by atoms with Gasteiger partial charge in [-0.25, -0.2) is 9.88 Å². The van der Waals surface area contributed by atoms with Gasteiger partial charge in [0.15, 0.2) is 0 Å². The lowest BCUT2D eigenvalue weighted by Crippen LogP contribution is -2.56. The lowest BCUT2D eigenvalue weighted by Gasteiger charge is -2.32. The van der Waals surface area contributed by atoms with Gasteiger partial charge in [-0.1, -0.05) is 125 Å². The van der Waals surface area contributed by atoms with Gasteiger partial charge in [0.1, 0.15) is 18.4 Å². The molecular weight excluding hydrogens is 615 g/mol. The summed E-state index contributed by atoms with van der Waals surface area (Å²) in [5, 5.41) is 11.6. The molecule has 3 rings (SSSR count). The van der Waals surface area contributed by atoms with E-state index in [1.807, 2.05) is 119 Å². The topological polar surface area (TPSA) is 135 Å². The molecule has 254 valence electrons. The van der Waals surface area contributed by atoms with Gasteiger partial charge in [0.2, 0.25) is 11.8 Å². The maximum absolute atomic E-state index is 14.7. The second-order valence-corrected chi connectivity index (χ2v) is 14.5. The van der Waals surface area contributed by atoms with E-state index in [9.17, 15) is 18.9 Å². The van der Waals surface area contributed by atoms with Gasteiger partial charge in [0.05, 0.1) is 6.04 Å². The predicted octanol–water partition coefficient (Wildman–Crippen LogP) is 5.83. The summed E-state index contributed by atoms with van der Waals surface area (Å²) in [5.74, 6) is -1.81. The zero-order chi connectivity index (χ0) is 34.2. The van der Waals surface area contributed by atoms with E-state index in [0.29, 0.717) is 13.0 Å². The van der Waals surface area contributed by atoms with E-state index in [-0.39, 0.29) is 37.2 Å². The van der Waals surface area contributed by atoms with Crippen LogP contribution in [-0.4, -0.2) is 49.4 Å². The minimum Gasteiger partial charge on any atom is -0.445 e. The zero-order valence-corrected chi connectivity index (χ0v) is 28.9. The first-order valence-corrected chi connectivity index (χ1v) is 17.8. The molecule has 0 radical (unpaired) electrons. The first kappa shape index (κ1) is 37.5. The molecule has 0 aliphatic rings. The smallest absolute Gasteiger partial charge is 0.408 e. The second kappa shape index (κ2) is 19.0. The molecule has 0 aliphatic heterocycles. The van der Waals surface area contributed by atoms with E-state index in [1.54, 1.807) is 0 Å². The van der Waals surface area contributed by atoms with Crippen molar-refractivity contribution < 1.29 is 28.2 Å². The van der Waals surface area contributed by atoms with Crippen LogP contribution in [0, 0.1) is 11.8 Å². The van der Waals surface area contributed by atoms with E-state index < -0.39 is 37.4 Å². The summed E-state index contributed by atoms with van der Waals surface area (Å²) in [6.07, 6.45) is 0.155. The fourth-order valence-corrected chi connectivity index (χ4v) is 6.81. The standard InChI is InChI=1S/C36H49N4O6P/c1-6-27(4)33(35(42)37-24-26(2)3)39-34(41)31(22-28-16-10-7-11-17-28)40-47(44,45-5)32(23-29-18-12-8-13-19-29)38-36(43)46-25-30-20-14-9-15-21-30/h7-21,26-27,31-33H,6,22-25H2,1-5H3,(H,37,42)(H,38,43)(H,39,41)(H,40,44)/t27-,31-,32?,33-,47?/m0/s1. The summed E-state index contributed by atoms with van der Waals surface area (Å²) in [6, 6.07) is 25.9. The van der Waals surface area contributed by atoms with Gasteiger partial charge >= 0.3 is 6.09 Å². The van der Waals surface area contributed by atoms with Gasteiger partial charge in [0.25, 0.3) is 7.52 Å².